The molecule has 2 aromatic carbocycles. The highest BCUT2D eigenvalue weighted by Gasteiger charge is 2.02. The molecule has 2 aromatic rings. The molecule has 0 atom stereocenters. The summed E-state index contributed by atoms with van der Waals surface area (Å²) in [6.07, 6.45) is 1.52. The standard InChI is InChI=1S/C16H15BrN2O3/c1-21-15-5-3-2-4-12(15)10-18-19-16(20)11-22-14-8-6-13(17)7-9-14/h2-10H,11H2,1H3,(H,19,20)/b18-10-. The summed E-state index contributed by atoms with van der Waals surface area (Å²) in [5, 5.41) is 3.88. The molecule has 114 valence electrons. The molecular formula is C16H15BrN2O3. The number of methoxy groups -OCH3 is 1. The minimum absolute atomic E-state index is 0.106. The van der Waals surface area contributed by atoms with E-state index in [1.807, 2.05) is 36.4 Å². The van der Waals surface area contributed by atoms with Gasteiger partial charge in [0.1, 0.15) is 11.5 Å². The van der Waals surface area contributed by atoms with Gasteiger partial charge >= 0.3 is 0 Å². The fourth-order valence-corrected chi connectivity index (χ4v) is 1.92. The number of nitrogens with zero attached hydrogens (tertiary/aromatic N) is 1. The van der Waals surface area contributed by atoms with Crippen LogP contribution < -0.4 is 14.9 Å². The number of ether oxygens (including phenoxy) is 2. The smallest absolute Gasteiger partial charge is 0.277 e. The molecular weight excluding hydrogens is 348 g/mol. The Hall–Kier alpha value is -2.34. The van der Waals surface area contributed by atoms with E-state index in [0.717, 1.165) is 10.0 Å². The summed E-state index contributed by atoms with van der Waals surface area (Å²) in [5.74, 6) is 0.965. The normalized spacial score (nSPS) is 10.5. The van der Waals surface area contributed by atoms with E-state index < -0.39 is 0 Å². The summed E-state index contributed by atoms with van der Waals surface area (Å²) in [7, 11) is 1.58. The van der Waals surface area contributed by atoms with Crippen molar-refractivity contribution in [1.82, 2.24) is 5.43 Å². The van der Waals surface area contributed by atoms with Crippen molar-refractivity contribution in [2.24, 2.45) is 5.10 Å². The van der Waals surface area contributed by atoms with E-state index in [9.17, 15) is 4.79 Å². The van der Waals surface area contributed by atoms with Crippen molar-refractivity contribution < 1.29 is 14.3 Å². The molecule has 0 spiro atoms. The Balaban J connectivity index is 1.82. The van der Waals surface area contributed by atoms with Crippen LogP contribution in [0.5, 0.6) is 11.5 Å². The first-order valence-corrected chi connectivity index (χ1v) is 7.31. The minimum Gasteiger partial charge on any atom is -0.496 e. The van der Waals surface area contributed by atoms with Crippen LogP contribution in [-0.4, -0.2) is 25.8 Å². The molecule has 0 unspecified atom stereocenters. The maximum absolute atomic E-state index is 11.6. The lowest BCUT2D eigenvalue weighted by Crippen LogP contribution is -2.24. The van der Waals surface area contributed by atoms with Crippen molar-refractivity contribution in [2.75, 3.05) is 13.7 Å². The first-order chi connectivity index (χ1) is 10.7. The maximum Gasteiger partial charge on any atom is 0.277 e. The van der Waals surface area contributed by atoms with Gasteiger partial charge in [-0.25, -0.2) is 5.43 Å². The molecule has 22 heavy (non-hydrogen) atoms. The van der Waals surface area contributed by atoms with Crippen LogP contribution in [0.25, 0.3) is 0 Å². The van der Waals surface area contributed by atoms with Gasteiger partial charge in [-0.3, -0.25) is 4.79 Å². The molecule has 0 aromatic heterocycles. The van der Waals surface area contributed by atoms with Gasteiger partial charge in [0, 0.05) is 10.0 Å². The quantitative estimate of drug-likeness (QED) is 0.634. The van der Waals surface area contributed by atoms with E-state index in [0.29, 0.717) is 11.5 Å². The number of benzene rings is 2. The van der Waals surface area contributed by atoms with Gasteiger partial charge in [-0.05, 0) is 36.4 Å². The zero-order valence-electron chi connectivity index (χ0n) is 12.0. The molecule has 1 amide bonds. The average Bonchev–Trinajstić information content (AvgIpc) is 2.55. The van der Waals surface area contributed by atoms with E-state index >= 15 is 0 Å². The van der Waals surface area contributed by atoms with Crippen LogP contribution in [0, 0.1) is 0 Å². The topological polar surface area (TPSA) is 59.9 Å². The highest BCUT2D eigenvalue weighted by molar-refractivity contribution is 9.10. The fourth-order valence-electron chi connectivity index (χ4n) is 1.66. The molecule has 0 bridgehead atoms. The maximum atomic E-state index is 11.6. The molecule has 1 N–H and O–H groups in total. The second kappa shape index (κ2) is 8.19. The van der Waals surface area contributed by atoms with Crippen LogP contribution in [-0.2, 0) is 4.79 Å². The Morgan fingerprint density at radius 2 is 1.95 bits per heavy atom. The van der Waals surface area contributed by atoms with E-state index in [-0.39, 0.29) is 12.5 Å². The summed E-state index contributed by atoms with van der Waals surface area (Å²) in [6.45, 7) is -0.106. The zero-order chi connectivity index (χ0) is 15.8. The lowest BCUT2D eigenvalue weighted by Gasteiger charge is -2.05. The number of hydrogen-bond acceptors (Lipinski definition) is 4. The Morgan fingerprint density at radius 1 is 1.23 bits per heavy atom. The molecule has 0 aliphatic heterocycles. The summed E-state index contributed by atoms with van der Waals surface area (Å²) >= 11 is 3.33. The number of para-hydroxylation sites is 1. The Labute approximate surface area is 137 Å². The molecule has 5 nitrogen and oxygen atoms in total. The fraction of sp³-hybridized carbons (Fsp3) is 0.125. The summed E-state index contributed by atoms with van der Waals surface area (Å²) in [4.78, 5) is 11.6. The van der Waals surface area contributed by atoms with E-state index in [4.69, 9.17) is 9.47 Å². The number of hydrazone groups is 1. The van der Waals surface area contributed by atoms with Crippen molar-refractivity contribution in [2.45, 2.75) is 0 Å². The predicted molar refractivity (Wildman–Crippen MR) is 88.4 cm³/mol. The van der Waals surface area contributed by atoms with Gasteiger partial charge in [-0.15, -0.1) is 0 Å². The largest absolute Gasteiger partial charge is 0.496 e. The highest BCUT2D eigenvalue weighted by Crippen LogP contribution is 2.16. The molecule has 0 radical (unpaired) electrons. The average molecular weight is 363 g/mol. The zero-order valence-corrected chi connectivity index (χ0v) is 13.5. The summed E-state index contributed by atoms with van der Waals surface area (Å²) in [5.41, 5.74) is 3.18. The lowest BCUT2D eigenvalue weighted by atomic mass is 10.2. The third kappa shape index (κ3) is 4.89. The molecule has 0 saturated carbocycles. The second-order valence-corrected chi connectivity index (χ2v) is 5.19. The number of rotatable bonds is 6. The lowest BCUT2D eigenvalue weighted by molar-refractivity contribution is -0.123. The van der Waals surface area contributed by atoms with E-state index in [2.05, 4.69) is 26.5 Å². The third-order valence-corrected chi connectivity index (χ3v) is 3.24. The van der Waals surface area contributed by atoms with Crippen LogP contribution in [0.1, 0.15) is 5.56 Å². The first kappa shape index (κ1) is 16.0. The Kier molecular flexibility index (Phi) is 5.97. The number of halogens is 1. The van der Waals surface area contributed by atoms with Crippen molar-refractivity contribution in [3.05, 3.63) is 58.6 Å². The minimum atomic E-state index is -0.339. The number of nitrogens with one attached hydrogen (secondary N) is 1. The number of amides is 1. The number of carbonyl (C=O) groups is 1. The van der Waals surface area contributed by atoms with Crippen molar-refractivity contribution >= 4 is 28.1 Å². The molecule has 0 aliphatic carbocycles. The number of hydrogen-bond donors (Lipinski definition) is 1. The van der Waals surface area contributed by atoms with Crippen LogP contribution >= 0.6 is 15.9 Å². The second-order valence-electron chi connectivity index (χ2n) is 4.28. The molecule has 0 aliphatic rings. The van der Waals surface area contributed by atoms with Crippen LogP contribution in [0.2, 0.25) is 0 Å². The highest BCUT2D eigenvalue weighted by atomic mass is 79.9. The Morgan fingerprint density at radius 3 is 2.68 bits per heavy atom. The van der Waals surface area contributed by atoms with Gasteiger partial charge in [0.15, 0.2) is 6.61 Å². The van der Waals surface area contributed by atoms with Crippen LogP contribution in [0.15, 0.2) is 58.1 Å². The number of carbonyl (C=O) groups excluding carboxylic acids is 1. The third-order valence-electron chi connectivity index (χ3n) is 2.72. The summed E-state index contributed by atoms with van der Waals surface area (Å²) in [6, 6.07) is 14.6. The van der Waals surface area contributed by atoms with Crippen molar-refractivity contribution in [1.29, 1.82) is 0 Å². The molecule has 6 heteroatoms. The van der Waals surface area contributed by atoms with Gasteiger partial charge in [-0.2, -0.15) is 5.10 Å². The van der Waals surface area contributed by atoms with Gasteiger partial charge in [0.05, 0.1) is 13.3 Å². The molecule has 0 fully saturated rings. The molecule has 0 heterocycles. The monoisotopic (exact) mass is 362 g/mol. The van der Waals surface area contributed by atoms with Gasteiger partial charge in [0.25, 0.3) is 5.91 Å². The van der Waals surface area contributed by atoms with E-state index in [1.54, 1.807) is 19.2 Å². The molecule has 0 saturated heterocycles. The van der Waals surface area contributed by atoms with Gasteiger partial charge in [0.2, 0.25) is 0 Å². The SMILES string of the molecule is COc1ccccc1/C=N\NC(=O)COc1ccc(Br)cc1. The van der Waals surface area contributed by atoms with Crippen LogP contribution in [0.4, 0.5) is 0 Å². The van der Waals surface area contributed by atoms with Gasteiger partial charge in [-0.1, -0.05) is 28.1 Å². The van der Waals surface area contributed by atoms with Gasteiger partial charge < -0.3 is 9.47 Å². The Bertz CT molecular complexity index is 657. The molecule has 2 rings (SSSR count). The van der Waals surface area contributed by atoms with E-state index in [1.165, 1.54) is 6.21 Å². The van der Waals surface area contributed by atoms with Crippen molar-refractivity contribution in [3.63, 3.8) is 0 Å². The van der Waals surface area contributed by atoms with Crippen molar-refractivity contribution in [3.8, 4) is 11.5 Å². The summed E-state index contributed by atoms with van der Waals surface area (Å²) < 4.78 is 11.5. The first-order valence-electron chi connectivity index (χ1n) is 6.52. The predicted octanol–water partition coefficient (Wildman–Crippen LogP) is 2.99. The van der Waals surface area contributed by atoms with Crippen LogP contribution in [0.3, 0.4) is 0 Å².